The van der Waals surface area contributed by atoms with Gasteiger partial charge in [-0.05, 0) is 29.8 Å². The number of anilines is 1. The average Bonchev–Trinajstić information content (AvgIpc) is 3.47. The van der Waals surface area contributed by atoms with Crippen LogP contribution in [0, 0.1) is 0 Å². The normalized spacial score (nSPS) is 14.1. The molecule has 32 heavy (non-hydrogen) atoms. The summed E-state index contributed by atoms with van der Waals surface area (Å²) in [4.78, 5) is 6.73. The first-order valence-electron chi connectivity index (χ1n) is 10.3. The van der Waals surface area contributed by atoms with Gasteiger partial charge in [0.1, 0.15) is 0 Å². The molecule has 2 aromatic carbocycles. The first-order valence-corrected chi connectivity index (χ1v) is 11.6. The Balaban J connectivity index is 1.35. The van der Waals surface area contributed by atoms with E-state index in [1.807, 2.05) is 30.3 Å². The second-order valence-electron chi connectivity index (χ2n) is 7.26. The Morgan fingerprint density at radius 3 is 2.53 bits per heavy atom. The molecule has 164 valence electrons. The number of hydrogen-bond acceptors (Lipinski definition) is 8. The first-order chi connectivity index (χ1) is 15.8. The van der Waals surface area contributed by atoms with Crippen molar-refractivity contribution in [2.24, 2.45) is 0 Å². The van der Waals surface area contributed by atoms with E-state index in [1.165, 1.54) is 17.3 Å². The van der Waals surface area contributed by atoms with Gasteiger partial charge in [0.15, 0.2) is 5.16 Å². The number of hydrogen-bond donors (Lipinski definition) is 0. The molecule has 3 heterocycles. The van der Waals surface area contributed by atoms with Crippen molar-refractivity contribution in [3.05, 3.63) is 71.1 Å². The predicted molar refractivity (Wildman–Crippen MR) is 123 cm³/mol. The lowest BCUT2D eigenvalue weighted by atomic mass is 10.2. The van der Waals surface area contributed by atoms with Gasteiger partial charge in [0.25, 0.3) is 0 Å². The Morgan fingerprint density at radius 1 is 0.969 bits per heavy atom. The molecule has 5 rings (SSSR count). The topological polar surface area (TPSA) is 82.1 Å². The molecule has 8 nitrogen and oxygen atoms in total. The number of thioether (sulfide) groups is 1. The highest BCUT2D eigenvalue weighted by Crippen LogP contribution is 2.27. The molecule has 1 saturated heterocycles. The van der Waals surface area contributed by atoms with E-state index >= 15 is 0 Å². The van der Waals surface area contributed by atoms with E-state index < -0.39 is 0 Å². The van der Waals surface area contributed by atoms with Crippen molar-refractivity contribution in [2.75, 3.05) is 31.2 Å². The number of morpholine rings is 1. The highest BCUT2D eigenvalue weighted by molar-refractivity contribution is 7.98. The van der Waals surface area contributed by atoms with Gasteiger partial charge in [-0.2, -0.15) is 4.98 Å². The predicted octanol–water partition coefficient (Wildman–Crippen LogP) is 4.16. The molecule has 0 saturated carbocycles. The maximum Gasteiger partial charge on any atom is 0.237 e. The van der Waals surface area contributed by atoms with E-state index in [1.54, 1.807) is 12.1 Å². The van der Waals surface area contributed by atoms with E-state index in [-0.39, 0.29) is 0 Å². The minimum Gasteiger partial charge on any atom is -0.378 e. The molecular weight excluding hydrogens is 448 g/mol. The first kappa shape index (κ1) is 21.0. The van der Waals surface area contributed by atoms with E-state index in [2.05, 4.69) is 41.9 Å². The zero-order chi connectivity index (χ0) is 21.8. The summed E-state index contributed by atoms with van der Waals surface area (Å²) in [5, 5.41) is 14.5. The minimum absolute atomic E-state index is 0.497. The maximum absolute atomic E-state index is 5.96. The molecule has 1 aliphatic heterocycles. The molecule has 0 amide bonds. The fourth-order valence-corrected chi connectivity index (χ4v) is 4.34. The number of benzene rings is 2. The summed E-state index contributed by atoms with van der Waals surface area (Å²) in [6, 6.07) is 17.7. The number of aromatic nitrogens is 5. The summed E-state index contributed by atoms with van der Waals surface area (Å²) in [7, 11) is 0. The van der Waals surface area contributed by atoms with Crippen molar-refractivity contribution >= 4 is 29.3 Å². The Bertz CT molecular complexity index is 1160. The molecule has 0 bridgehead atoms. The van der Waals surface area contributed by atoms with Crippen LogP contribution in [0.25, 0.3) is 11.4 Å². The molecular formula is C22H21ClN6O2S. The average molecular weight is 469 g/mol. The van der Waals surface area contributed by atoms with E-state index in [0.717, 1.165) is 29.8 Å². The van der Waals surface area contributed by atoms with Crippen molar-refractivity contribution in [3.8, 4) is 11.4 Å². The zero-order valence-corrected chi connectivity index (χ0v) is 18.8. The summed E-state index contributed by atoms with van der Waals surface area (Å²) in [6.45, 7) is 3.66. The van der Waals surface area contributed by atoms with Gasteiger partial charge in [0, 0.05) is 23.7 Å². The van der Waals surface area contributed by atoms with Crippen LogP contribution < -0.4 is 4.90 Å². The second kappa shape index (κ2) is 9.72. The summed E-state index contributed by atoms with van der Waals surface area (Å²) in [6.07, 6.45) is 0. The molecule has 2 aromatic heterocycles. The molecule has 4 aromatic rings. The highest BCUT2D eigenvalue weighted by atomic mass is 35.5. The molecule has 0 N–H and O–H groups in total. The standard InChI is InChI=1S/C22H21ClN6O2S/c23-18-8-6-17(7-9-18)20-24-19(31-27-20)15-32-22-26-25-21(28-10-12-30-13-11-28)29(22)14-16-4-2-1-3-5-16/h1-9H,10-15H2. The molecule has 1 fully saturated rings. The van der Waals surface area contributed by atoms with Crippen molar-refractivity contribution in [3.63, 3.8) is 0 Å². The van der Waals surface area contributed by atoms with Crippen LogP contribution in [0.5, 0.6) is 0 Å². The fourth-order valence-electron chi connectivity index (χ4n) is 3.45. The quantitative estimate of drug-likeness (QED) is 0.374. The van der Waals surface area contributed by atoms with Crippen LogP contribution >= 0.6 is 23.4 Å². The molecule has 0 unspecified atom stereocenters. The van der Waals surface area contributed by atoms with E-state index in [9.17, 15) is 0 Å². The maximum atomic E-state index is 5.96. The van der Waals surface area contributed by atoms with Gasteiger partial charge in [0.05, 0.1) is 25.5 Å². The van der Waals surface area contributed by atoms with Crippen molar-refractivity contribution < 1.29 is 9.26 Å². The van der Waals surface area contributed by atoms with Crippen molar-refractivity contribution in [1.29, 1.82) is 0 Å². The van der Waals surface area contributed by atoms with Gasteiger partial charge in [-0.1, -0.05) is 58.9 Å². The third-order valence-electron chi connectivity index (χ3n) is 5.07. The highest BCUT2D eigenvalue weighted by Gasteiger charge is 2.21. The molecule has 0 spiro atoms. The lowest BCUT2D eigenvalue weighted by Gasteiger charge is -2.28. The number of rotatable bonds is 7. The summed E-state index contributed by atoms with van der Waals surface area (Å²) >= 11 is 7.49. The molecule has 0 radical (unpaired) electrons. The van der Waals surface area contributed by atoms with Crippen LogP contribution in [0.15, 0.2) is 64.3 Å². The Morgan fingerprint density at radius 2 is 1.75 bits per heavy atom. The van der Waals surface area contributed by atoms with Crippen LogP contribution in [0.1, 0.15) is 11.5 Å². The fraction of sp³-hybridized carbons (Fsp3) is 0.273. The van der Waals surface area contributed by atoms with Gasteiger partial charge >= 0.3 is 0 Å². The van der Waals surface area contributed by atoms with Gasteiger partial charge in [0.2, 0.25) is 17.7 Å². The minimum atomic E-state index is 0.497. The lowest BCUT2D eigenvalue weighted by molar-refractivity contribution is 0.121. The molecule has 0 aliphatic carbocycles. The van der Waals surface area contributed by atoms with E-state index in [0.29, 0.717) is 42.2 Å². The van der Waals surface area contributed by atoms with Gasteiger partial charge < -0.3 is 14.2 Å². The number of nitrogens with zero attached hydrogens (tertiary/aromatic N) is 6. The molecule has 10 heteroatoms. The number of ether oxygens (including phenoxy) is 1. The van der Waals surface area contributed by atoms with Crippen LogP contribution in [0.2, 0.25) is 5.02 Å². The third-order valence-corrected chi connectivity index (χ3v) is 6.27. The van der Waals surface area contributed by atoms with Crippen molar-refractivity contribution in [1.82, 2.24) is 24.9 Å². The van der Waals surface area contributed by atoms with Crippen LogP contribution in [-0.4, -0.2) is 51.2 Å². The van der Waals surface area contributed by atoms with Crippen LogP contribution in [-0.2, 0) is 17.0 Å². The van der Waals surface area contributed by atoms with Gasteiger partial charge in [-0.15, -0.1) is 10.2 Å². The van der Waals surface area contributed by atoms with E-state index in [4.69, 9.17) is 20.9 Å². The van der Waals surface area contributed by atoms with Crippen LogP contribution in [0.3, 0.4) is 0 Å². The smallest absolute Gasteiger partial charge is 0.237 e. The van der Waals surface area contributed by atoms with Gasteiger partial charge in [-0.3, -0.25) is 4.57 Å². The van der Waals surface area contributed by atoms with Crippen LogP contribution in [0.4, 0.5) is 5.95 Å². The number of halogens is 1. The molecule has 0 atom stereocenters. The Labute approximate surface area is 194 Å². The zero-order valence-electron chi connectivity index (χ0n) is 17.2. The van der Waals surface area contributed by atoms with Gasteiger partial charge in [-0.25, -0.2) is 0 Å². The third kappa shape index (κ3) is 4.79. The Kier molecular flexibility index (Phi) is 6.38. The lowest BCUT2D eigenvalue weighted by Crippen LogP contribution is -2.38. The summed E-state index contributed by atoms with van der Waals surface area (Å²) in [5.74, 6) is 2.42. The second-order valence-corrected chi connectivity index (χ2v) is 8.64. The monoisotopic (exact) mass is 468 g/mol. The Hall–Kier alpha value is -2.88. The summed E-state index contributed by atoms with van der Waals surface area (Å²) in [5.41, 5.74) is 2.04. The summed E-state index contributed by atoms with van der Waals surface area (Å²) < 4.78 is 13.1. The molecule has 1 aliphatic rings. The SMILES string of the molecule is Clc1ccc(-c2noc(CSc3nnc(N4CCOCC4)n3Cc3ccccc3)n2)cc1. The van der Waals surface area contributed by atoms with Crippen molar-refractivity contribution in [2.45, 2.75) is 17.5 Å². The largest absolute Gasteiger partial charge is 0.378 e.